The Bertz CT molecular complexity index is 915. The van der Waals surface area contributed by atoms with Gasteiger partial charge in [-0.05, 0) is 67.1 Å². The molecule has 0 fully saturated rings. The van der Waals surface area contributed by atoms with Gasteiger partial charge in [0.05, 0.1) is 17.2 Å². The standard InChI is InChI=1S/C19H22ClN3O2S.HI/c20-15-8-10-16(11-9-15)26(24,25)13-12-22-19(21)23-18-7-3-5-14-4-1-2-6-17(14)18;/h3,5,7-11H,1-2,4,6,12-13H2,(H3,21,22,23);1H. The van der Waals surface area contributed by atoms with Crippen LogP contribution in [-0.4, -0.2) is 26.7 Å². The molecule has 0 unspecified atom stereocenters. The summed E-state index contributed by atoms with van der Waals surface area (Å²) < 4.78 is 24.6. The average Bonchev–Trinajstić information content (AvgIpc) is 2.62. The van der Waals surface area contributed by atoms with Crippen LogP contribution >= 0.6 is 35.6 Å². The predicted octanol–water partition coefficient (Wildman–Crippen LogP) is 4.04. The van der Waals surface area contributed by atoms with Gasteiger partial charge in [-0.15, -0.1) is 24.0 Å². The number of nitrogens with zero attached hydrogens (tertiary/aromatic N) is 1. The Morgan fingerprint density at radius 3 is 2.56 bits per heavy atom. The molecule has 0 saturated carbocycles. The first-order valence-electron chi connectivity index (χ1n) is 8.62. The van der Waals surface area contributed by atoms with Gasteiger partial charge in [0.2, 0.25) is 0 Å². The number of aryl methyl sites for hydroxylation is 1. The van der Waals surface area contributed by atoms with E-state index in [1.807, 2.05) is 12.1 Å². The van der Waals surface area contributed by atoms with Gasteiger partial charge in [-0.1, -0.05) is 23.7 Å². The molecule has 0 aromatic heterocycles. The summed E-state index contributed by atoms with van der Waals surface area (Å²) >= 11 is 5.79. The summed E-state index contributed by atoms with van der Waals surface area (Å²) in [5, 5.41) is 3.62. The molecular formula is C19H23ClIN3O2S. The maximum atomic E-state index is 12.3. The molecule has 0 amide bonds. The van der Waals surface area contributed by atoms with Gasteiger partial charge in [-0.3, -0.25) is 4.99 Å². The smallest absolute Gasteiger partial charge is 0.193 e. The Kier molecular flexibility index (Phi) is 7.93. The van der Waals surface area contributed by atoms with Gasteiger partial charge >= 0.3 is 0 Å². The zero-order chi connectivity index (χ0) is 18.6. The number of hydrogen-bond acceptors (Lipinski definition) is 3. The van der Waals surface area contributed by atoms with Crippen molar-refractivity contribution in [1.82, 2.24) is 0 Å². The minimum Gasteiger partial charge on any atom is -0.370 e. The topological polar surface area (TPSA) is 84.5 Å². The van der Waals surface area contributed by atoms with Crippen molar-refractivity contribution < 1.29 is 8.42 Å². The number of benzene rings is 2. The fraction of sp³-hybridized carbons (Fsp3) is 0.316. The fourth-order valence-corrected chi connectivity index (χ4v) is 4.37. The van der Waals surface area contributed by atoms with Crippen molar-refractivity contribution in [3.8, 4) is 0 Å². The van der Waals surface area contributed by atoms with E-state index in [0.29, 0.717) is 5.02 Å². The Morgan fingerprint density at radius 1 is 1.11 bits per heavy atom. The number of fused-ring (bicyclic) bond motifs is 1. The summed E-state index contributed by atoms with van der Waals surface area (Å²) in [6, 6.07) is 12.3. The molecule has 146 valence electrons. The van der Waals surface area contributed by atoms with E-state index >= 15 is 0 Å². The molecule has 0 aliphatic heterocycles. The van der Waals surface area contributed by atoms with E-state index < -0.39 is 9.84 Å². The van der Waals surface area contributed by atoms with Gasteiger partial charge in [0, 0.05) is 10.7 Å². The third-order valence-corrected chi connectivity index (χ3v) is 6.44. The van der Waals surface area contributed by atoms with E-state index in [1.165, 1.54) is 36.1 Å². The number of halogens is 2. The Morgan fingerprint density at radius 2 is 1.81 bits per heavy atom. The molecule has 0 heterocycles. The number of guanidine groups is 1. The van der Waals surface area contributed by atoms with Crippen LogP contribution in [0.4, 0.5) is 5.69 Å². The first-order chi connectivity index (χ1) is 12.5. The normalized spacial score (nSPS) is 14.2. The van der Waals surface area contributed by atoms with Gasteiger partial charge in [0.25, 0.3) is 0 Å². The lowest BCUT2D eigenvalue weighted by atomic mass is 9.90. The largest absolute Gasteiger partial charge is 0.370 e. The molecule has 3 N–H and O–H groups in total. The molecule has 3 rings (SSSR count). The highest BCUT2D eigenvalue weighted by atomic mass is 127. The molecule has 1 aliphatic rings. The fourth-order valence-electron chi connectivity index (χ4n) is 3.12. The van der Waals surface area contributed by atoms with E-state index in [4.69, 9.17) is 17.3 Å². The number of anilines is 1. The van der Waals surface area contributed by atoms with Crippen molar-refractivity contribution in [3.63, 3.8) is 0 Å². The zero-order valence-electron chi connectivity index (χ0n) is 14.8. The number of rotatable bonds is 5. The van der Waals surface area contributed by atoms with Gasteiger partial charge in [-0.2, -0.15) is 0 Å². The second-order valence-corrected chi connectivity index (χ2v) is 8.86. The van der Waals surface area contributed by atoms with Crippen molar-refractivity contribution in [2.24, 2.45) is 10.7 Å². The van der Waals surface area contributed by atoms with E-state index in [1.54, 1.807) is 12.1 Å². The SMILES string of the molecule is I.NC(=NCCS(=O)(=O)c1ccc(Cl)cc1)Nc1cccc2c1CCCC2. The van der Waals surface area contributed by atoms with Gasteiger partial charge in [0.15, 0.2) is 15.8 Å². The van der Waals surface area contributed by atoms with Gasteiger partial charge in [-0.25, -0.2) is 8.42 Å². The summed E-state index contributed by atoms with van der Waals surface area (Å²) in [5.74, 6) is 0.125. The van der Waals surface area contributed by atoms with Crippen LogP contribution in [0.2, 0.25) is 5.02 Å². The van der Waals surface area contributed by atoms with Crippen LogP contribution in [-0.2, 0) is 22.7 Å². The summed E-state index contributed by atoms with van der Waals surface area (Å²) in [6.07, 6.45) is 4.49. The van der Waals surface area contributed by atoms with Crippen molar-refractivity contribution in [2.45, 2.75) is 30.6 Å². The summed E-state index contributed by atoms with van der Waals surface area (Å²) in [7, 11) is -3.41. The lowest BCUT2D eigenvalue weighted by Crippen LogP contribution is -2.25. The van der Waals surface area contributed by atoms with Crippen LogP contribution in [0.1, 0.15) is 24.0 Å². The number of aliphatic imine (C=N–C) groups is 1. The van der Waals surface area contributed by atoms with E-state index in [-0.39, 0.29) is 47.1 Å². The Hall–Kier alpha value is -1.32. The quantitative estimate of drug-likeness (QED) is 0.355. The molecule has 2 aromatic rings. The van der Waals surface area contributed by atoms with E-state index in [9.17, 15) is 8.42 Å². The average molecular weight is 520 g/mol. The highest BCUT2D eigenvalue weighted by Crippen LogP contribution is 2.27. The molecule has 2 aromatic carbocycles. The minimum absolute atomic E-state index is 0. The molecule has 0 radical (unpaired) electrons. The summed E-state index contributed by atoms with van der Waals surface area (Å²) in [6.45, 7) is 0.0960. The van der Waals surface area contributed by atoms with Gasteiger partial charge in [0.1, 0.15) is 0 Å². The molecule has 27 heavy (non-hydrogen) atoms. The second kappa shape index (κ2) is 9.75. The number of sulfone groups is 1. The van der Waals surface area contributed by atoms with Crippen LogP contribution in [0.15, 0.2) is 52.4 Å². The highest BCUT2D eigenvalue weighted by molar-refractivity contribution is 14.0. The van der Waals surface area contributed by atoms with Crippen LogP contribution < -0.4 is 11.1 Å². The van der Waals surface area contributed by atoms with Crippen LogP contribution in [0.5, 0.6) is 0 Å². The number of nitrogens with one attached hydrogen (secondary N) is 1. The monoisotopic (exact) mass is 519 g/mol. The molecule has 0 spiro atoms. The highest BCUT2D eigenvalue weighted by Gasteiger charge is 2.15. The molecular weight excluding hydrogens is 497 g/mol. The van der Waals surface area contributed by atoms with Crippen LogP contribution in [0, 0.1) is 0 Å². The Labute approximate surface area is 182 Å². The van der Waals surface area contributed by atoms with Crippen LogP contribution in [0.25, 0.3) is 0 Å². The van der Waals surface area contributed by atoms with E-state index in [2.05, 4.69) is 16.4 Å². The molecule has 0 atom stereocenters. The third kappa shape index (κ3) is 5.83. The molecule has 0 bridgehead atoms. The zero-order valence-corrected chi connectivity index (χ0v) is 18.7. The number of nitrogens with two attached hydrogens (primary N) is 1. The minimum atomic E-state index is -3.41. The van der Waals surface area contributed by atoms with Crippen molar-refractivity contribution in [1.29, 1.82) is 0 Å². The first-order valence-corrected chi connectivity index (χ1v) is 10.6. The maximum absolute atomic E-state index is 12.3. The van der Waals surface area contributed by atoms with Gasteiger partial charge < -0.3 is 11.1 Å². The second-order valence-electron chi connectivity index (χ2n) is 6.32. The summed E-state index contributed by atoms with van der Waals surface area (Å²) in [4.78, 5) is 4.41. The molecule has 1 aliphatic carbocycles. The summed E-state index contributed by atoms with van der Waals surface area (Å²) in [5.41, 5.74) is 9.55. The van der Waals surface area contributed by atoms with Crippen molar-refractivity contribution >= 4 is 57.1 Å². The molecule has 0 saturated heterocycles. The third-order valence-electron chi connectivity index (χ3n) is 4.47. The molecule has 5 nitrogen and oxygen atoms in total. The predicted molar refractivity (Wildman–Crippen MR) is 122 cm³/mol. The lowest BCUT2D eigenvalue weighted by molar-refractivity contribution is 0.596. The number of hydrogen-bond donors (Lipinski definition) is 2. The van der Waals surface area contributed by atoms with E-state index in [0.717, 1.165) is 18.5 Å². The molecule has 8 heteroatoms. The maximum Gasteiger partial charge on any atom is 0.193 e. The lowest BCUT2D eigenvalue weighted by Gasteiger charge is -2.19. The first kappa shape index (κ1) is 22.0. The van der Waals surface area contributed by atoms with Crippen LogP contribution in [0.3, 0.4) is 0 Å². The Balaban J connectivity index is 0.00000261. The van der Waals surface area contributed by atoms with Crippen molar-refractivity contribution in [2.75, 3.05) is 17.6 Å². The van der Waals surface area contributed by atoms with Crippen molar-refractivity contribution in [3.05, 3.63) is 58.6 Å².